The quantitative estimate of drug-likeness (QED) is 0.801. The van der Waals surface area contributed by atoms with Crippen LogP contribution in [0.5, 0.6) is 0 Å². The zero-order chi connectivity index (χ0) is 11.4. The zero-order valence-corrected chi connectivity index (χ0v) is 11.4. The van der Waals surface area contributed by atoms with Gasteiger partial charge in [-0.25, -0.2) is 0 Å². The van der Waals surface area contributed by atoms with E-state index < -0.39 is 0 Å². The molecular weight excluding hydrogens is 216 g/mol. The van der Waals surface area contributed by atoms with Crippen molar-refractivity contribution in [2.45, 2.75) is 52.0 Å². The molecule has 16 heavy (non-hydrogen) atoms. The molecule has 0 aromatic carbocycles. The maximum Gasteiger partial charge on any atom is 0.156 e. The molecule has 0 radical (unpaired) electrons. The Hall–Kier alpha value is -0.180. The molecule has 0 aromatic heterocycles. The van der Waals surface area contributed by atoms with Crippen molar-refractivity contribution in [3.63, 3.8) is 0 Å². The Balaban J connectivity index is 1.74. The van der Waals surface area contributed by atoms with E-state index in [1.807, 2.05) is 11.8 Å². The summed E-state index contributed by atoms with van der Waals surface area (Å²) in [6.45, 7) is 5.61. The summed E-state index contributed by atoms with van der Waals surface area (Å²) in [6, 6.07) is 0.697. The van der Waals surface area contributed by atoms with Crippen LogP contribution >= 0.6 is 11.8 Å². The minimum absolute atomic E-state index is 0.697. The molecule has 1 heterocycles. The van der Waals surface area contributed by atoms with Crippen molar-refractivity contribution in [1.82, 2.24) is 5.32 Å². The highest BCUT2D eigenvalue weighted by atomic mass is 32.2. The number of rotatable bonds is 2. The van der Waals surface area contributed by atoms with Crippen LogP contribution in [0.4, 0.5) is 0 Å². The van der Waals surface area contributed by atoms with Crippen molar-refractivity contribution in [3.8, 4) is 0 Å². The van der Waals surface area contributed by atoms with Crippen LogP contribution in [0, 0.1) is 11.8 Å². The second-order valence-electron chi connectivity index (χ2n) is 5.33. The van der Waals surface area contributed by atoms with Gasteiger partial charge < -0.3 is 5.32 Å². The van der Waals surface area contributed by atoms with Gasteiger partial charge in [0.1, 0.15) is 0 Å². The third-order valence-electron chi connectivity index (χ3n) is 3.80. The Morgan fingerprint density at radius 1 is 1.31 bits per heavy atom. The predicted molar refractivity (Wildman–Crippen MR) is 73.1 cm³/mol. The van der Waals surface area contributed by atoms with Gasteiger partial charge in [-0.1, -0.05) is 32.0 Å². The van der Waals surface area contributed by atoms with Crippen molar-refractivity contribution >= 4 is 16.9 Å². The summed E-state index contributed by atoms with van der Waals surface area (Å²) in [4.78, 5) is 4.61. The minimum atomic E-state index is 0.697. The summed E-state index contributed by atoms with van der Waals surface area (Å²) in [6.07, 6.45) is 6.85. The highest BCUT2D eigenvalue weighted by Gasteiger charge is 2.21. The van der Waals surface area contributed by atoms with Crippen LogP contribution in [0.3, 0.4) is 0 Å². The number of thioether (sulfide) groups is 1. The SMILES string of the molecule is CCC1CCC(NC2=NCC(C)CS2)CC1. The number of hydrogen-bond acceptors (Lipinski definition) is 3. The van der Waals surface area contributed by atoms with Crippen molar-refractivity contribution in [3.05, 3.63) is 0 Å². The Bertz CT molecular complexity index is 244. The van der Waals surface area contributed by atoms with E-state index in [-0.39, 0.29) is 0 Å². The Kier molecular flexibility index (Phi) is 4.56. The lowest BCUT2D eigenvalue weighted by Crippen LogP contribution is -2.38. The van der Waals surface area contributed by atoms with E-state index in [4.69, 9.17) is 0 Å². The molecule has 1 atom stereocenters. The number of nitrogens with one attached hydrogen (secondary N) is 1. The van der Waals surface area contributed by atoms with Crippen LogP contribution in [0.1, 0.15) is 46.0 Å². The summed E-state index contributed by atoms with van der Waals surface area (Å²) < 4.78 is 0. The molecule has 1 saturated carbocycles. The van der Waals surface area contributed by atoms with E-state index in [0.29, 0.717) is 6.04 Å². The van der Waals surface area contributed by atoms with E-state index in [1.165, 1.54) is 43.0 Å². The summed E-state index contributed by atoms with van der Waals surface area (Å²) in [5.41, 5.74) is 0. The standard InChI is InChI=1S/C13H24N2S/c1-3-11-4-6-12(7-5-11)15-13-14-8-10(2)9-16-13/h10-12H,3-9H2,1-2H3,(H,14,15). The fraction of sp³-hybridized carbons (Fsp3) is 0.923. The maximum absolute atomic E-state index is 4.61. The molecule has 2 rings (SSSR count). The molecule has 92 valence electrons. The third kappa shape index (κ3) is 3.41. The van der Waals surface area contributed by atoms with Crippen LogP contribution < -0.4 is 5.32 Å². The van der Waals surface area contributed by atoms with E-state index in [9.17, 15) is 0 Å². The summed E-state index contributed by atoms with van der Waals surface area (Å²) in [5.74, 6) is 2.97. The molecule has 2 aliphatic rings. The number of amidine groups is 1. The highest BCUT2D eigenvalue weighted by molar-refractivity contribution is 8.13. The van der Waals surface area contributed by atoms with Crippen LogP contribution in [0.25, 0.3) is 0 Å². The molecule has 0 spiro atoms. The van der Waals surface area contributed by atoms with Gasteiger partial charge in [-0.15, -0.1) is 0 Å². The second kappa shape index (κ2) is 5.95. The van der Waals surface area contributed by atoms with Gasteiger partial charge in [0.2, 0.25) is 0 Å². The fourth-order valence-electron chi connectivity index (χ4n) is 2.54. The summed E-state index contributed by atoms with van der Waals surface area (Å²) in [5, 5.41) is 4.84. The largest absolute Gasteiger partial charge is 0.362 e. The van der Waals surface area contributed by atoms with Gasteiger partial charge in [0.25, 0.3) is 0 Å². The van der Waals surface area contributed by atoms with Gasteiger partial charge in [0, 0.05) is 18.3 Å². The minimum Gasteiger partial charge on any atom is -0.362 e. The number of aliphatic imine (C=N–C) groups is 1. The Labute approximate surface area is 104 Å². The van der Waals surface area contributed by atoms with Gasteiger partial charge >= 0.3 is 0 Å². The number of nitrogens with zero attached hydrogens (tertiary/aromatic N) is 1. The monoisotopic (exact) mass is 240 g/mol. The normalized spacial score (nSPS) is 35.6. The lowest BCUT2D eigenvalue weighted by atomic mass is 9.85. The van der Waals surface area contributed by atoms with Crippen LogP contribution in [-0.2, 0) is 0 Å². The fourth-order valence-corrected chi connectivity index (χ4v) is 3.50. The van der Waals surface area contributed by atoms with Crippen LogP contribution in [0.15, 0.2) is 4.99 Å². The van der Waals surface area contributed by atoms with E-state index >= 15 is 0 Å². The van der Waals surface area contributed by atoms with E-state index in [2.05, 4.69) is 24.2 Å². The molecule has 1 N–H and O–H groups in total. The van der Waals surface area contributed by atoms with Gasteiger partial charge in [-0.05, 0) is 37.5 Å². The van der Waals surface area contributed by atoms with E-state index in [1.54, 1.807) is 0 Å². The first-order valence-electron chi connectivity index (χ1n) is 6.71. The first-order chi connectivity index (χ1) is 7.78. The summed E-state index contributed by atoms with van der Waals surface area (Å²) in [7, 11) is 0. The van der Waals surface area contributed by atoms with Gasteiger partial charge in [0.05, 0.1) is 0 Å². The van der Waals surface area contributed by atoms with Crippen LogP contribution in [-0.4, -0.2) is 23.5 Å². The molecule has 1 aliphatic heterocycles. The molecule has 2 nitrogen and oxygen atoms in total. The Morgan fingerprint density at radius 2 is 2.06 bits per heavy atom. The average molecular weight is 240 g/mol. The lowest BCUT2D eigenvalue weighted by Gasteiger charge is -2.30. The molecule has 0 bridgehead atoms. The van der Waals surface area contributed by atoms with Gasteiger partial charge in [-0.2, -0.15) is 0 Å². The van der Waals surface area contributed by atoms with Crippen LogP contribution in [0.2, 0.25) is 0 Å². The molecule has 3 heteroatoms. The smallest absolute Gasteiger partial charge is 0.156 e. The predicted octanol–water partition coefficient (Wildman–Crippen LogP) is 3.28. The van der Waals surface area contributed by atoms with Crippen molar-refractivity contribution in [2.24, 2.45) is 16.8 Å². The summed E-state index contributed by atoms with van der Waals surface area (Å²) >= 11 is 1.91. The highest BCUT2D eigenvalue weighted by Crippen LogP contribution is 2.27. The lowest BCUT2D eigenvalue weighted by molar-refractivity contribution is 0.306. The topological polar surface area (TPSA) is 24.4 Å². The Morgan fingerprint density at radius 3 is 2.62 bits per heavy atom. The molecule has 1 aliphatic carbocycles. The molecule has 0 aromatic rings. The van der Waals surface area contributed by atoms with Crippen molar-refractivity contribution in [1.29, 1.82) is 0 Å². The second-order valence-corrected chi connectivity index (χ2v) is 6.34. The average Bonchev–Trinajstić information content (AvgIpc) is 2.33. The molecule has 1 unspecified atom stereocenters. The molecule has 0 saturated heterocycles. The van der Waals surface area contributed by atoms with Gasteiger partial charge in [-0.3, -0.25) is 4.99 Å². The maximum atomic E-state index is 4.61. The zero-order valence-electron chi connectivity index (χ0n) is 10.5. The molecule has 1 fully saturated rings. The van der Waals surface area contributed by atoms with Crippen molar-refractivity contribution in [2.75, 3.05) is 12.3 Å². The first-order valence-corrected chi connectivity index (χ1v) is 7.70. The van der Waals surface area contributed by atoms with Crippen molar-refractivity contribution < 1.29 is 0 Å². The van der Waals surface area contributed by atoms with Gasteiger partial charge in [0.15, 0.2) is 5.17 Å². The molecule has 0 amide bonds. The molecular formula is C13H24N2S. The third-order valence-corrected chi connectivity index (χ3v) is 5.06. The van der Waals surface area contributed by atoms with E-state index in [0.717, 1.165) is 18.4 Å². The number of hydrogen-bond donors (Lipinski definition) is 1. The first kappa shape index (κ1) is 12.3.